The van der Waals surface area contributed by atoms with E-state index < -0.39 is 0 Å². The van der Waals surface area contributed by atoms with Crippen LogP contribution in [0.25, 0.3) is 11.4 Å². The lowest BCUT2D eigenvalue weighted by Gasteiger charge is -2.15. The van der Waals surface area contributed by atoms with E-state index in [4.69, 9.17) is 14.2 Å². The maximum Gasteiger partial charge on any atom is 0.224 e. The molecule has 0 atom stereocenters. The molecule has 0 fully saturated rings. The minimum atomic E-state index is -0.180. The summed E-state index contributed by atoms with van der Waals surface area (Å²) < 4.78 is 16.1. The Morgan fingerprint density at radius 2 is 1.73 bits per heavy atom. The molecule has 0 aliphatic heterocycles. The molecule has 0 aliphatic carbocycles. The van der Waals surface area contributed by atoms with Crippen molar-refractivity contribution in [2.45, 2.75) is 12.8 Å². The Morgan fingerprint density at radius 3 is 2.37 bits per heavy atom. The molecule has 3 aromatic rings. The molecule has 3 rings (SSSR count). The molecule has 1 amide bonds. The summed E-state index contributed by atoms with van der Waals surface area (Å²) in [6.07, 6.45) is 3.75. The Balaban J connectivity index is 1.64. The molecule has 0 aliphatic rings. The fraction of sp³-hybridized carbons (Fsp3) is 0.227. The van der Waals surface area contributed by atoms with Crippen LogP contribution >= 0.6 is 0 Å². The number of hydrogen-bond acceptors (Lipinski definition) is 7. The number of benzene rings is 2. The standard InChI is InChI=1S/C22H23N3O5/c1-28-18-9-7-14(20(29-2)21(18)30-3)8-10-19(27)25-16-12-23-22(24-13-16)15-5-4-6-17(26)11-15/h4-7,9,11-13,26H,8,10H2,1-3H3,(H,25,27). The molecule has 0 saturated carbocycles. The zero-order valence-corrected chi connectivity index (χ0v) is 17.0. The first-order valence-electron chi connectivity index (χ1n) is 9.24. The third-order valence-corrected chi connectivity index (χ3v) is 4.45. The smallest absolute Gasteiger partial charge is 0.224 e. The fourth-order valence-corrected chi connectivity index (χ4v) is 3.02. The van der Waals surface area contributed by atoms with Crippen LogP contribution in [0.15, 0.2) is 48.8 Å². The molecule has 0 radical (unpaired) electrons. The number of aryl methyl sites for hydroxylation is 1. The highest BCUT2D eigenvalue weighted by Crippen LogP contribution is 2.40. The summed E-state index contributed by atoms with van der Waals surface area (Å²) in [5.41, 5.74) is 2.01. The van der Waals surface area contributed by atoms with Gasteiger partial charge in [0.05, 0.1) is 39.4 Å². The van der Waals surface area contributed by atoms with Gasteiger partial charge < -0.3 is 24.6 Å². The van der Waals surface area contributed by atoms with E-state index in [9.17, 15) is 9.90 Å². The number of rotatable bonds is 8. The lowest BCUT2D eigenvalue weighted by molar-refractivity contribution is -0.116. The number of methoxy groups -OCH3 is 3. The van der Waals surface area contributed by atoms with Crippen molar-refractivity contribution in [2.24, 2.45) is 0 Å². The number of phenolic OH excluding ortho intramolecular Hbond substituents is 1. The topological polar surface area (TPSA) is 103 Å². The second-order valence-corrected chi connectivity index (χ2v) is 6.39. The highest BCUT2D eigenvalue weighted by Gasteiger charge is 2.16. The Morgan fingerprint density at radius 1 is 1.00 bits per heavy atom. The number of anilines is 1. The largest absolute Gasteiger partial charge is 0.508 e. The molecule has 30 heavy (non-hydrogen) atoms. The van der Waals surface area contributed by atoms with Crippen molar-refractivity contribution >= 4 is 11.6 Å². The number of hydrogen-bond donors (Lipinski definition) is 2. The maximum atomic E-state index is 12.4. The Kier molecular flexibility index (Phi) is 6.69. The first-order chi connectivity index (χ1) is 14.5. The van der Waals surface area contributed by atoms with E-state index in [2.05, 4.69) is 15.3 Å². The van der Waals surface area contributed by atoms with Crippen LogP contribution in [-0.2, 0) is 11.2 Å². The molecular formula is C22H23N3O5. The monoisotopic (exact) mass is 409 g/mol. The van der Waals surface area contributed by atoms with Gasteiger partial charge in [0.2, 0.25) is 11.7 Å². The van der Waals surface area contributed by atoms with Gasteiger partial charge in [-0.15, -0.1) is 0 Å². The van der Waals surface area contributed by atoms with E-state index in [1.165, 1.54) is 19.5 Å². The molecule has 1 heterocycles. The minimum Gasteiger partial charge on any atom is -0.508 e. The molecule has 0 unspecified atom stereocenters. The van der Waals surface area contributed by atoms with Crippen molar-refractivity contribution < 1.29 is 24.1 Å². The van der Waals surface area contributed by atoms with Crippen LogP contribution < -0.4 is 19.5 Å². The van der Waals surface area contributed by atoms with Gasteiger partial charge in [0.25, 0.3) is 0 Å². The van der Waals surface area contributed by atoms with Crippen LogP contribution in [0.2, 0.25) is 0 Å². The second-order valence-electron chi connectivity index (χ2n) is 6.39. The van der Waals surface area contributed by atoms with Crippen LogP contribution in [0.5, 0.6) is 23.0 Å². The molecule has 0 spiro atoms. The molecule has 156 valence electrons. The third-order valence-electron chi connectivity index (χ3n) is 4.45. The molecule has 0 bridgehead atoms. The molecular weight excluding hydrogens is 386 g/mol. The number of nitrogens with one attached hydrogen (secondary N) is 1. The molecule has 8 heteroatoms. The molecule has 2 aromatic carbocycles. The number of aromatic hydroxyl groups is 1. The van der Waals surface area contributed by atoms with E-state index in [1.807, 2.05) is 6.07 Å². The number of ether oxygens (including phenoxy) is 3. The van der Waals surface area contributed by atoms with Gasteiger partial charge in [0.1, 0.15) is 5.75 Å². The van der Waals surface area contributed by atoms with E-state index in [0.29, 0.717) is 40.7 Å². The van der Waals surface area contributed by atoms with Crippen LogP contribution in [0.3, 0.4) is 0 Å². The van der Waals surface area contributed by atoms with Gasteiger partial charge in [0.15, 0.2) is 17.3 Å². The average Bonchev–Trinajstić information content (AvgIpc) is 2.77. The number of aromatic nitrogens is 2. The van der Waals surface area contributed by atoms with Gasteiger partial charge in [-0.1, -0.05) is 18.2 Å². The van der Waals surface area contributed by atoms with Gasteiger partial charge in [-0.2, -0.15) is 0 Å². The lowest BCUT2D eigenvalue weighted by Crippen LogP contribution is -2.13. The first-order valence-corrected chi connectivity index (χ1v) is 9.24. The number of carbonyl (C=O) groups excluding carboxylic acids is 1. The Bertz CT molecular complexity index is 1020. The van der Waals surface area contributed by atoms with Crippen LogP contribution in [0.1, 0.15) is 12.0 Å². The summed E-state index contributed by atoms with van der Waals surface area (Å²) in [7, 11) is 4.64. The summed E-state index contributed by atoms with van der Waals surface area (Å²) in [4.78, 5) is 20.9. The van der Waals surface area contributed by atoms with Gasteiger partial charge in [-0.05, 0) is 30.2 Å². The van der Waals surface area contributed by atoms with Crippen molar-refractivity contribution in [1.29, 1.82) is 0 Å². The number of carbonyl (C=O) groups is 1. The number of amides is 1. The van der Waals surface area contributed by atoms with Gasteiger partial charge in [0, 0.05) is 12.0 Å². The van der Waals surface area contributed by atoms with E-state index in [1.54, 1.807) is 44.6 Å². The molecule has 0 saturated heterocycles. The van der Waals surface area contributed by atoms with Crippen LogP contribution in [0, 0.1) is 0 Å². The van der Waals surface area contributed by atoms with E-state index >= 15 is 0 Å². The molecule has 8 nitrogen and oxygen atoms in total. The number of phenols is 1. The van der Waals surface area contributed by atoms with Crippen molar-refractivity contribution in [2.75, 3.05) is 26.6 Å². The summed E-state index contributed by atoms with van der Waals surface area (Å²) in [6.45, 7) is 0. The second kappa shape index (κ2) is 9.60. The molecule has 1 aromatic heterocycles. The highest BCUT2D eigenvalue weighted by atomic mass is 16.5. The summed E-state index contributed by atoms with van der Waals surface area (Å²) in [5.74, 6) is 2.02. The summed E-state index contributed by atoms with van der Waals surface area (Å²) >= 11 is 0. The van der Waals surface area contributed by atoms with E-state index in [0.717, 1.165) is 5.56 Å². The summed E-state index contributed by atoms with van der Waals surface area (Å²) in [5, 5.41) is 12.3. The average molecular weight is 409 g/mol. The van der Waals surface area contributed by atoms with Crippen LogP contribution in [-0.4, -0.2) is 42.3 Å². The number of nitrogens with zero attached hydrogens (tertiary/aromatic N) is 2. The molecule has 2 N–H and O–H groups in total. The van der Waals surface area contributed by atoms with E-state index in [-0.39, 0.29) is 18.1 Å². The fourth-order valence-electron chi connectivity index (χ4n) is 3.02. The van der Waals surface area contributed by atoms with Crippen molar-refractivity contribution in [3.8, 4) is 34.4 Å². The first kappa shape index (κ1) is 20.9. The highest BCUT2D eigenvalue weighted by molar-refractivity contribution is 5.90. The van der Waals surface area contributed by atoms with Gasteiger partial charge in [-0.3, -0.25) is 4.79 Å². The summed E-state index contributed by atoms with van der Waals surface area (Å²) in [6, 6.07) is 10.3. The zero-order chi connectivity index (χ0) is 21.5. The zero-order valence-electron chi connectivity index (χ0n) is 17.0. The third kappa shape index (κ3) is 4.78. The van der Waals surface area contributed by atoms with Crippen LogP contribution in [0.4, 0.5) is 5.69 Å². The van der Waals surface area contributed by atoms with Crippen molar-refractivity contribution in [3.05, 3.63) is 54.4 Å². The normalized spacial score (nSPS) is 10.4. The van der Waals surface area contributed by atoms with Gasteiger partial charge >= 0.3 is 0 Å². The maximum absolute atomic E-state index is 12.4. The predicted molar refractivity (Wildman–Crippen MR) is 112 cm³/mol. The minimum absolute atomic E-state index is 0.138. The predicted octanol–water partition coefficient (Wildman–Crippen LogP) is 3.45. The van der Waals surface area contributed by atoms with Crippen molar-refractivity contribution in [3.63, 3.8) is 0 Å². The Hall–Kier alpha value is -3.81. The SMILES string of the molecule is COc1ccc(CCC(=O)Nc2cnc(-c3cccc(O)c3)nc2)c(OC)c1OC. The Labute approximate surface area is 174 Å². The van der Waals surface area contributed by atoms with Crippen molar-refractivity contribution in [1.82, 2.24) is 9.97 Å². The lowest BCUT2D eigenvalue weighted by atomic mass is 10.1. The quantitative estimate of drug-likeness (QED) is 0.587. The van der Waals surface area contributed by atoms with Gasteiger partial charge in [-0.25, -0.2) is 9.97 Å².